The van der Waals surface area contributed by atoms with Crippen molar-refractivity contribution in [3.63, 3.8) is 0 Å². The standard InChI is InChI=1S/C10H5BrClN3/c11-6-2-1-3-7-8(6)14-9(12)10-13-4-5-15(7)10/h1-5H. The zero-order valence-electron chi connectivity index (χ0n) is 7.48. The summed E-state index contributed by atoms with van der Waals surface area (Å²) < 4.78 is 2.85. The van der Waals surface area contributed by atoms with Gasteiger partial charge in [-0.1, -0.05) is 17.7 Å². The summed E-state index contributed by atoms with van der Waals surface area (Å²) in [7, 11) is 0. The molecule has 0 unspecified atom stereocenters. The highest BCUT2D eigenvalue weighted by atomic mass is 79.9. The first-order valence-electron chi connectivity index (χ1n) is 4.34. The third-order valence-electron chi connectivity index (χ3n) is 2.26. The molecule has 0 fully saturated rings. The van der Waals surface area contributed by atoms with Crippen LogP contribution in [0.4, 0.5) is 0 Å². The molecule has 74 valence electrons. The number of benzene rings is 1. The Bertz CT molecular complexity index is 662. The van der Waals surface area contributed by atoms with Crippen molar-refractivity contribution in [3.8, 4) is 0 Å². The molecule has 0 amide bonds. The van der Waals surface area contributed by atoms with E-state index in [-0.39, 0.29) is 0 Å². The van der Waals surface area contributed by atoms with Crippen LogP contribution in [0, 0.1) is 0 Å². The predicted molar refractivity (Wildman–Crippen MR) is 63.2 cm³/mol. The molecule has 0 bridgehead atoms. The molecule has 15 heavy (non-hydrogen) atoms. The molecule has 0 saturated heterocycles. The van der Waals surface area contributed by atoms with Crippen LogP contribution in [-0.4, -0.2) is 14.4 Å². The maximum absolute atomic E-state index is 6.03. The van der Waals surface area contributed by atoms with Crippen molar-refractivity contribution in [3.05, 3.63) is 40.2 Å². The summed E-state index contributed by atoms with van der Waals surface area (Å²) in [6, 6.07) is 5.88. The first kappa shape index (κ1) is 9.12. The Kier molecular flexibility index (Phi) is 1.94. The van der Waals surface area contributed by atoms with Gasteiger partial charge in [-0.05, 0) is 28.1 Å². The van der Waals surface area contributed by atoms with E-state index in [4.69, 9.17) is 11.6 Å². The monoisotopic (exact) mass is 281 g/mol. The fraction of sp³-hybridized carbons (Fsp3) is 0. The van der Waals surface area contributed by atoms with Gasteiger partial charge in [0.15, 0.2) is 10.8 Å². The van der Waals surface area contributed by atoms with Gasteiger partial charge in [-0.25, -0.2) is 9.97 Å². The van der Waals surface area contributed by atoms with Crippen molar-refractivity contribution in [2.24, 2.45) is 0 Å². The quantitative estimate of drug-likeness (QED) is 0.633. The molecule has 1 aromatic carbocycles. The third kappa shape index (κ3) is 1.25. The van der Waals surface area contributed by atoms with Crippen molar-refractivity contribution in [1.82, 2.24) is 14.4 Å². The molecule has 0 saturated carbocycles. The molecule has 0 aliphatic heterocycles. The van der Waals surface area contributed by atoms with E-state index in [1.54, 1.807) is 6.20 Å². The van der Waals surface area contributed by atoms with Gasteiger partial charge >= 0.3 is 0 Å². The Hall–Kier alpha value is -1.13. The van der Waals surface area contributed by atoms with Crippen LogP contribution in [-0.2, 0) is 0 Å². The number of aromatic nitrogens is 3. The van der Waals surface area contributed by atoms with Crippen molar-refractivity contribution in [2.75, 3.05) is 0 Å². The zero-order chi connectivity index (χ0) is 10.4. The Labute approximate surface area is 98.8 Å². The molecule has 0 aliphatic carbocycles. The smallest absolute Gasteiger partial charge is 0.175 e. The normalized spacial score (nSPS) is 11.3. The molecule has 0 atom stereocenters. The van der Waals surface area contributed by atoms with Gasteiger partial charge in [0.25, 0.3) is 0 Å². The summed E-state index contributed by atoms with van der Waals surface area (Å²) in [5.74, 6) is 0. The number of nitrogens with zero attached hydrogens (tertiary/aromatic N) is 3. The Balaban J connectivity index is 2.66. The van der Waals surface area contributed by atoms with Crippen LogP contribution < -0.4 is 0 Å². The summed E-state index contributed by atoms with van der Waals surface area (Å²) in [5, 5.41) is 0.416. The lowest BCUT2D eigenvalue weighted by Gasteiger charge is -2.04. The third-order valence-corrected chi connectivity index (χ3v) is 3.15. The van der Waals surface area contributed by atoms with Crippen LogP contribution in [0.3, 0.4) is 0 Å². The van der Waals surface area contributed by atoms with Crippen LogP contribution in [0.25, 0.3) is 16.7 Å². The van der Waals surface area contributed by atoms with Gasteiger partial charge in [0.05, 0.1) is 5.52 Å². The second-order valence-corrected chi connectivity index (χ2v) is 4.34. The van der Waals surface area contributed by atoms with Gasteiger partial charge in [-0.2, -0.15) is 0 Å². The zero-order valence-corrected chi connectivity index (χ0v) is 9.83. The Morgan fingerprint density at radius 1 is 1.33 bits per heavy atom. The van der Waals surface area contributed by atoms with E-state index in [1.807, 2.05) is 28.8 Å². The molecule has 3 nitrogen and oxygen atoms in total. The van der Waals surface area contributed by atoms with Crippen LogP contribution in [0.15, 0.2) is 35.1 Å². The highest BCUT2D eigenvalue weighted by Crippen LogP contribution is 2.25. The number of hydrogen-bond donors (Lipinski definition) is 0. The lowest BCUT2D eigenvalue weighted by atomic mass is 10.3. The molecule has 0 radical (unpaired) electrons. The second-order valence-electron chi connectivity index (χ2n) is 3.13. The van der Waals surface area contributed by atoms with Gasteiger partial charge in [-0.3, -0.25) is 4.40 Å². The number of fused-ring (bicyclic) bond motifs is 3. The topological polar surface area (TPSA) is 30.2 Å². The number of hydrogen-bond acceptors (Lipinski definition) is 2. The summed E-state index contributed by atoms with van der Waals surface area (Å²) >= 11 is 9.48. The van der Waals surface area contributed by atoms with E-state index in [0.29, 0.717) is 10.8 Å². The molecule has 2 heterocycles. The van der Waals surface area contributed by atoms with E-state index < -0.39 is 0 Å². The molecule has 0 spiro atoms. The number of para-hydroxylation sites is 1. The summed E-state index contributed by atoms with van der Waals surface area (Å²) in [6.45, 7) is 0. The van der Waals surface area contributed by atoms with E-state index in [0.717, 1.165) is 15.5 Å². The number of rotatable bonds is 0. The molecule has 5 heteroatoms. The average Bonchev–Trinajstić information content (AvgIpc) is 2.69. The fourth-order valence-electron chi connectivity index (χ4n) is 1.61. The molecule has 3 rings (SSSR count). The fourth-order valence-corrected chi connectivity index (χ4v) is 2.28. The first-order chi connectivity index (χ1) is 7.27. The maximum atomic E-state index is 6.03. The van der Waals surface area contributed by atoms with Gasteiger partial charge in [0.1, 0.15) is 5.52 Å². The minimum atomic E-state index is 0.416. The summed E-state index contributed by atoms with van der Waals surface area (Å²) in [6.07, 6.45) is 3.58. The van der Waals surface area contributed by atoms with Gasteiger partial charge < -0.3 is 0 Å². The molecule has 0 N–H and O–H groups in total. The molecule has 3 aromatic rings. The largest absolute Gasteiger partial charge is 0.295 e. The second kappa shape index (κ2) is 3.18. The van der Waals surface area contributed by atoms with Crippen molar-refractivity contribution in [2.45, 2.75) is 0 Å². The van der Waals surface area contributed by atoms with Crippen LogP contribution in [0.5, 0.6) is 0 Å². The Morgan fingerprint density at radius 3 is 3.07 bits per heavy atom. The average molecular weight is 283 g/mol. The van der Waals surface area contributed by atoms with Gasteiger partial charge in [0.2, 0.25) is 0 Å². The summed E-state index contributed by atoms with van der Waals surface area (Å²) in [4.78, 5) is 8.46. The highest BCUT2D eigenvalue weighted by Gasteiger charge is 2.08. The molecular formula is C10H5BrClN3. The Morgan fingerprint density at radius 2 is 2.20 bits per heavy atom. The number of imidazole rings is 1. The van der Waals surface area contributed by atoms with Gasteiger partial charge in [-0.15, -0.1) is 0 Å². The van der Waals surface area contributed by atoms with Crippen molar-refractivity contribution >= 4 is 44.2 Å². The van der Waals surface area contributed by atoms with E-state index >= 15 is 0 Å². The van der Waals surface area contributed by atoms with Gasteiger partial charge in [0, 0.05) is 16.9 Å². The van der Waals surface area contributed by atoms with E-state index in [1.165, 1.54) is 0 Å². The SMILES string of the molecule is Clc1nc2c(Br)cccc2n2ccnc12. The lowest BCUT2D eigenvalue weighted by Crippen LogP contribution is -1.92. The molecular weight excluding hydrogens is 277 g/mol. The van der Waals surface area contributed by atoms with Crippen molar-refractivity contribution < 1.29 is 0 Å². The summed E-state index contributed by atoms with van der Waals surface area (Å²) in [5.41, 5.74) is 2.51. The van der Waals surface area contributed by atoms with Crippen LogP contribution in [0.1, 0.15) is 0 Å². The minimum Gasteiger partial charge on any atom is -0.295 e. The van der Waals surface area contributed by atoms with E-state index in [2.05, 4.69) is 25.9 Å². The highest BCUT2D eigenvalue weighted by molar-refractivity contribution is 9.10. The minimum absolute atomic E-state index is 0.416. The van der Waals surface area contributed by atoms with Crippen LogP contribution >= 0.6 is 27.5 Å². The number of halogens is 2. The maximum Gasteiger partial charge on any atom is 0.175 e. The molecule has 0 aliphatic rings. The van der Waals surface area contributed by atoms with Crippen LogP contribution in [0.2, 0.25) is 5.15 Å². The predicted octanol–water partition coefficient (Wildman–Crippen LogP) is 3.30. The first-order valence-corrected chi connectivity index (χ1v) is 5.51. The lowest BCUT2D eigenvalue weighted by molar-refractivity contribution is 1.21. The van der Waals surface area contributed by atoms with E-state index in [9.17, 15) is 0 Å². The van der Waals surface area contributed by atoms with Crippen molar-refractivity contribution in [1.29, 1.82) is 0 Å². The molecule has 2 aromatic heterocycles.